The maximum Gasteiger partial charge on any atom is 0.281 e. The van der Waals surface area contributed by atoms with Gasteiger partial charge in [0.05, 0.1) is 54.8 Å². The van der Waals surface area contributed by atoms with E-state index < -0.39 is 36.8 Å². The van der Waals surface area contributed by atoms with Crippen molar-refractivity contribution in [3.05, 3.63) is 101 Å². The first-order chi connectivity index (χ1) is 42.6. The second-order valence-corrected chi connectivity index (χ2v) is 25.6. The number of likely N-dealkylation sites (N-methyl/N-ethyl adjacent to an activating group) is 1. The van der Waals surface area contributed by atoms with Crippen molar-refractivity contribution in [1.29, 1.82) is 0 Å². The van der Waals surface area contributed by atoms with Crippen LogP contribution in [0.15, 0.2) is 67.1 Å². The number of fused-ring (bicyclic) bond motifs is 10. The number of hydrogen-bond donors (Lipinski definition) is 0. The summed E-state index contributed by atoms with van der Waals surface area (Å²) in [4.78, 5) is 50.6. The number of ether oxygens (including phenoxy) is 3. The Kier molecular flexibility index (Phi) is 16.8. The number of pyridine rings is 2. The molecule has 3 aromatic heterocycles. The van der Waals surface area contributed by atoms with Crippen molar-refractivity contribution in [3.63, 3.8) is 0 Å². The minimum atomic E-state index is -2.70. The molecule has 14 heterocycles. The van der Waals surface area contributed by atoms with Crippen molar-refractivity contribution >= 4 is 47.0 Å². The summed E-state index contributed by atoms with van der Waals surface area (Å²) in [6.45, 7) is 23.1. The van der Waals surface area contributed by atoms with E-state index in [0.717, 1.165) is 94.1 Å². The fourth-order valence-corrected chi connectivity index (χ4v) is 16.3. The van der Waals surface area contributed by atoms with E-state index in [0.29, 0.717) is 113 Å². The van der Waals surface area contributed by atoms with Gasteiger partial charge in [-0.1, -0.05) is 37.5 Å². The average molecular weight is 1220 g/mol. The molecule has 6 atom stereocenters. The summed E-state index contributed by atoms with van der Waals surface area (Å²) >= 11 is 0. The number of amides is 2. The zero-order valence-electron chi connectivity index (χ0n) is 51.1. The Bertz CT molecular complexity index is 3240. The maximum absolute atomic E-state index is 14.6. The molecule has 0 N–H and O–H groups in total. The van der Waals surface area contributed by atoms with Gasteiger partial charge in [0.15, 0.2) is 0 Å². The molecule has 0 saturated carbocycles. The maximum atomic E-state index is 14.6. The lowest BCUT2D eigenvalue weighted by molar-refractivity contribution is -0.160. The lowest BCUT2D eigenvalue weighted by Crippen LogP contribution is -2.69. The van der Waals surface area contributed by atoms with E-state index in [9.17, 15) is 31.5 Å². The molecular formula is C64H83F5N14O5. The van der Waals surface area contributed by atoms with Gasteiger partial charge in [-0.15, -0.1) is 0 Å². The van der Waals surface area contributed by atoms with Crippen LogP contribution in [-0.2, 0) is 29.4 Å². The highest BCUT2D eigenvalue weighted by Gasteiger charge is 2.53. The van der Waals surface area contributed by atoms with Crippen LogP contribution < -0.4 is 19.6 Å². The normalized spacial score (nSPS) is 27.4. The fourth-order valence-electron chi connectivity index (χ4n) is 16.3. The zero-order valence-corrected chi connectivity index (χ0v) is 51.1. The first kappa shape index (κ1) is 60.5. The summed E-state index contributed by atoms with van der Waals surface area (Å²) in [5, 5.41) is 9.09. The van der Waals surface area contributed by atoms with Crippen molar-refractivity contribution < 1.29 is 45.8 Å². The highest BCUT2D eigenvalue weighted by atomic mass is 19.3. The molecule has 0 aromatic carbocycles. The number of hydrazine groups is 1. The van der Waals surface area contributed by atoms with E-state index >= 15 is 0 Å². The van der Waals surface area contributed by atoms with Gasteiger partial charge in [0.1, 0.15) is 46.9 Å². The van der Waals surface area contributed by atoms with Crippen LogP contribution in [0.1, 0.15) is 98.1 Å². The van der Waals surface area contributed by atoms with Gasteiger partial charge in [0.2, 0.25) is 11.8 Å². The van der Waals surface area contributed by atoms with Crippen LogP contribution in [-0.4, -0.2) is 236 Å². The molecule has 3 aromatic rings. The standard InChI is InChI=1S/C33H45F2N7O3.C31H38F3N7O2/c1-5-29(43)40-15-13-38(14-16-40)27-19-41-25(27)8-6-7-24-26(41)17-28(36-30(24)32(34)35)39-11-9-33(10-12-39)31-22(2)18-37(3)42(31)23(20-44-4)21-45-33;1-3-27(42)39-13-11-37(12-14-39)25-18-40-23(25)6-4-5-22-24(40)15-26(36-28(22)30(33)34)38-9-7-31(8-10-38)29-20(2)17-35-41(29)21(16-32)19-43-31/h5-7,17,23,25,27,32H,1,8-16,18-21H2,2-4H3;3-5,15,17,21,23,25,30H,1,6-14,16,18-19H2,2H3. The molecular weight excluding hydrogens is 1140 g/mol. The van der Waals surface area contributed by atoms with E-state index in [2.05, 4.69) is 81.6 Å². The molecule has 6 unspecified atom stereocenters. The van der Waals surface area contributed by atoms with Crippen LogP contribution in [0.25, 0.3) is 12.2 Å². The number of carbonyl (C=O) groups is 2. The number of hydrogen-bond acceptors (Lipinski definition) is 16. The lowest BCUT2D eigenvalue weighted by atomic mass is 9.84. The van der Waals surface area contributed by atoms with Crippen molar-refractivity contribution in [2.75, 3.05) is 158 Å². The summed E-state index contributed by atoms with van der Waals surface area (Å²) in [6.07, 6.45) is 11.2. The average Bonchev–Trinajstić information content (AvgIpc) is 1.38. The van der Waals surface area contributed by atoms with Gasteiger partial charge in [0, 0.05) is 160 Å². The molecule has 24 heteroatoms. The topological polar surface area (TPSA) is 138 Å². The highest BCUT2D eigenvalue weighted by Crippen LogP contribution is 2.49. The Labute approximate surface area is 512 Å². The number of methoxy groups -OCH3 is 1. The molecule has 7 fully saturated rings. The predicted molar refractivity (Wildman–Crippen MR) is 326 cm³/mol. The number of piperazine rings is 2. The number of nitrogens with zero attached hydrogens (tertiary/aromatic N) is 14. The molecule has 14 rings (SSSR count). The van der Waals surface area contributed by atoms with E-state index in [-0.39, 0.29) is 47.9 Å². The van der Waals surface area contributed by atoms with Gasteiger partial charge >= 0.3 is 0 Å². The quantitative estimate of drug-likeness (QED) is 0.144. The van der Waals surface area contributed by atoms with Crippen LogP contribution in [0.3, 0.4) is 0 Å². The van der Waals surface area contributed by atoms with E-state index in [1.165, 1.54) is 23.4 Å². The molecule has 0 radical (unpaired) electrons. The summed E-state index contributed by atoms with van der Waals surface area (Å²) < 4.78 is 92.0. The van der Waals surface area contributed by atoms with Crippen molar-refractivity contribution in [1.82, 2.24) is 49.4 Å². The van der Waals surface area contributed by atoms with Crippen molar-refractivity contribution in [2.45, 2.75) is 113 Å². The van der Waals surface area contributed by atoms with Crippen LogP contribution in [0.4, 0.5) is 45.0 Å². The predicted octanol–water partition coefficient (Wildman–Crippen LogP) is 7.01. The molecule has 19 nitrogen and oxygen atoms in total. The summed E-state index contributed by atoms with van der Waals surface area (Å²) in [5.74, 6) is 1.11. The Morgan fingerprint density at radius 3 is 1.64 bits per heavy atom. The van der Waals surface area contributed by atoms with E-state index in [1.54, 1.807) is 18.0 Å². The van der Waals surface area contributed by atoms with Crippen LogP contribution in [0.5, 0.6) is 0 Å². The summed E-state index contributed by atoms with van der Waals surface area (Å²) in [6, 6.07) is 4.71. The van der Waals surface area contributed by atoms with E-state index in [1.807, 2.05) is 53.2 Å². The zero-order chi connectivity index (χ0) is 61.3. The van der Waals surface area contributed by atoms with Crippen molar-refractivity contribution in [3.8, 4) is 0 Å². The third-order valence-electron chi connectivity index (χ3n) is 20.9. The Hall–Kier alpha value is -6.44. The Morgan fingerprint density at radius 2 is 1.17 bits per heavy atom. The number of anilines is 4. The van der Waals surface area contributed by atoms with Gasteiger partial charge < -0.3 is 43.6 Å². The number of halogens is 5. The van der Waals surface area contributed by atoms with Gasteiger partial charge in [-0.3, -0.25) is 29.1 Å². The number of piperidine rings is 2. The minimum absolute atomic E-state index is 0.0236. The molecule has 7 saturated heterocycles. The molecule has 11 aliphatic rings. The van der Waals surface area contributed by atoms with Gasteiger partial charge in [-0.25, -0.2) is 36.9 Å². The minimum Gasteiger partial charge on any atom is -0.382 e. The number of morpholine rings is 1. The largest absolute Gasteiger partial charge is 0.382 e. The van der Waals surface area contributed by atoms with Crippen LogP contribution in [0, 0.1) is 6.92 Å². The number of rotatable bonds is 11. The summed E-state index contributed by atoms with van der Waals surface area (Å²) in [5.41, 5.74) is 5.88. The van der Waals surface area contributed by atoms with Crippen LogP contribution >= 0.6 is 0 Å². The van der Waals surface area contributed by atoms with Crippen molar-refractivity contribution in [2.24, 2.45) is 0 Å². The number of carbonyl (C=O) groups excluding carboxylic acids is 2. The smallest absolute Gasteiger partial charge is 0.281 e. The van der Waals surface area contributed by atoms with E-state index in [4.69, 9.17) is 14.2 Å². The molecule has 474 valence electrons. The Morgan fingerprint density at radius 1 is 0.693 bits per heavy atom. The summed E-state index contributed by atoms with van der Waals surface area (Å²) in [7, 11) is 3.84. The lowest BCUT2D eigenvalue weighted by Gasteiger charge is -2.55. The molecule has 2 amide bonds. The SMILES string of the molecule is C=CC(=O)N1CCN(C2CN3c4cc(N5CCC6(CC5)OCC(CF)n5ncc(C)c56)nc(C(F)F)c4C=CCC23)CC1.C=CC(=O)N1CCN(C2CN3c4cc(N5CCC6(CC5)OCC(COC)N5C6=C(C)CN5C)nc(C(F)F)c4C=CCC23)CC1. The number of aromatic nitrogens is 4. The number of alkyl halides is 5. The second-order valence-electron chi connectivity index (χ2n) is 25.6. The first-order valence-electron chi connectivity index (χ1n) is 31.5. The molecule has 0 bridgehead atoms. The molecule has 2 spiro atoms. The second kappa shape index (κ2) is 24.4. The monoisotopic (exact) mass is 1220 g/mol. The van der Waals surface area contributed by atoms with Gasteiger partial charge in [-0.05, 0) is 75.7 Å². The number of aryl methyl sites for hydroxylation is 1. The van der Waals surface area contributed by atoms with Gasteiger partial charge in [0.25, 0.3) is 12.9 Å². The third kappa shape index (κ3) is 10.6. The molecule has 11 aliphatic heterocycles. The third-order valence-corrected chi connectivity index (χ3v) is 20.9. The van der Waals surface area contributed by atoms with Gasteiger partial charge in [-0.2, -0.15) is 5.10 Å². The first-order valence-corrected chi connectivity index (χ1v) is 31.5. The molecule has 88 heavy (non-hydrogen) atoms. The molecule has 0 aliphatic carbocycles. The Balaban J connectivity index is 0.000000162. The highest BCUT2D eigenvalue weighted by molar-refractivity contribution is 5.87. The fraction of sp³-hybridized carbons (Fsp3) is 0.609. The van der Waals surface area contributed by atoms with Crippen LogP contribution in [0.2, 0.25) is 0 Å².